The molecule has 2 heterocycles. The third-order valence-corrected chi connectivity index (χ3v) is 5.55. The number of benzene rings is 2. The maximum atomic E-state index is 6.14. The van der Waals surface area contributed by atoms with E-state index in [0.29, 0.717) is 21.9 Å². The van der Waals surface area contributed by atoms with Crippen LogP contribution in [-0.4, -0.2) is 15.2 Å². The summed E-state index contributed by atoms with van der Waals surface area (Å²) in [5, 5.41) is 10.3. The van der Waals surface area contributed by atoms with Crippen LogP contribution in [0.25, 0.3) is 21.7 Å². The first-order chi connectivity index (χ1) is 11.3. The Bertz CT molecular complexity index is 934. The molecule has 4 nitrogen and oxygen atoms in total. The average molecular weight is 360 g/mol. The molecular weight excluding hydrogens is 350 g/mol. The Balaban J connectivity index is 1.51. The van der Waals surface area contributed by atoms with Crippen LogP contribution >= 0.6 is 34.7 Å². The molecule has 0 spiro atoms. The fourth-order valence-electron chi connectivity index (χ4n) is 2.12. The van der Waals surface area contributed by atoms with E-state index in [-0.39, 0.29) is 0 Å². The fourth-order valence-corrected chi connectivity index (χ4v) is 4.06. The summed E-state index contributed by atoms with van der Waals surface area (Å²) >= 11 is 9.30. The summed E-state index contributed by atoms with van der Waals surface area (Å²) in [6, 6.07) is 15.5. The smallest absolute Gasteiger partial charge is 0.277 e. The number of thioether (sulfide) groups is 1. The number of para-hydroxylation sites is 1. The normalized spacial score (nSPS) is 11.2. The zero-order chi connectivity index (χ0) is 15.6. The highest BCUT2D eigenvalue weighted by Crippen LogP contribution is 2.31. The highest BCUT2D eigenvalue weighted by atomic mass is 35.5. The van der Waals surface area contributed by atoms with E-state index in [1.165, 1.54) is 16.5 Å². The number of aromatic nitrogens is 3. The molecule has 0 aliphatic rings. The number of nitrogens with zero attached hydrogens (tertiary/aromatic N) is 3. The summed E-state index contributed by atoms with van der Waals surface area (Å²) in [5.41, 5.74) is 1.77. The SMILES string of the molecule is Clc1ccccc1-c1nnc(SCc2nc3ccccc3s2)o1. The van der Waals surface area contributed by atoms with Crippen molar-refractivity contribution < 1.29 is 4.42 Å². The van der Waals surface area contributed by atoms with Crippen molar-refractivity contribution in [2.75, 3.05) is 0 Å². The number of rotatable bonds is 4. The van der Waals surface area contributed by atoms with Crippen molar-refractivity contribution in [3.63, 3.8) is 0 Å². The Kier molecular flexibility index (Phi) is 4.03. The van der Waals surface area contributed by atoms with Crippen molar-refractivity contribution in [1.82, 2.24) is 15.2 Å². The van der Waals surface area contributed by atoms with E-state index in [0.717, 1.165) is 16.1 Å². The van der Waals surface area contributed by atoms with E-state index in [2.05, 4.69) is 21.2 Å². The first-order valence-electron chi connectivity index (χ1n) is 6.85. The maximum absolute atomic E-state index is 6.14. The zero-order valence-electron chi connectivity index (χ0n) is 11.8. The molecule has 0 saturated heterocycles. The quantitative estimate of drug-likeness (QED) is 0.463. The van der Waals surface area contributed by atoms with Crippen LogP contribution in [-0.2, 0) is 5.75 Å². The third-order valence-electron chi connectivity index (χ3n) is 3.17. The van der Waals surface area contributed by atoms with Crippen molar-refractivity contribution in [3.8, 4) is 11.5 Å². The molecular formula is C16H10ClN3OS2. The van der Waals surface area contributed by atoms with Crippen LogP contribution in [0.4, 0.5) is 0 Å². The number of hydrogen-bond acceptors (Lipinski definition) is 6. The maximum Gasteiger partial charge on any atom is 0.277 e. The van der Waals surface area contributed by atoms with Gasteiger partial charge in [0.25, 0.3) is 5.22 Å². The average Bonchev–Trinajstić information content (AvgIpc) is 3.19. The van der Waals surface area contributed by atoms with Gasteiger partial charge < -0.3 is 4.42 Å². The summed E-state index contributed by atoms with van der Waals surface area (Å²) in [7, 11) is 0. The lowest BCUT2D eigenvalue weighted by molar-refractivity contribution is 0.466. The van der Waals surface area contributed by atoms with Crippen molar-refractivity contribution >= 4 is 44.9 Å². The molecule has 0 atom stereocenters. The molecule has 0 N–H and O–H groups in total. The van der Waals surface area contributed by atoms with E-state index in [1.807, 2.05) is 36.4 Å². The lowest BCUT2D eigenvalue weighted by Gasteiger charge is -1.96. The number of halogens is 1. The Labute approximate surface area is 145 Å². The van der Waals surface area contributed by atoms with E-state index in [1.54, 1.807) is 17.4 Å². The van der Waals surface area contributed by atoms with Gasteiger partial charge in [0.2, 0.25) is 5.89 Å². The van der Waals surface area contributed by atoms with Crippen LogP contribution in [0.15, 0.2) is 58.2 Å². The fraction of sp³-hybridized carbons (Fsp3) is 0.0625. The lowest BCUT2D eigenvalue weighted by Crippen LogP contribution is -1.78. The van der Waals surface area contributed by atoms with E-state index in [9.17, 15) is 0 Å². The monoisotopic (exact) mass is 359 g/mol. The number of fused-ring (bicyclic) bond motifs is 1. The van der Waals surface area contributed by atoms with Crippen LogP contribution in [0.3, 0.4) is 0 Å². The predicted molar refractivity (Wildman–Crippen MR) is 93.9 cm³/mol. The van der Waals surface area contributed by atoms with Crippen molar-refractivity contribution in [2.45, 2.75) is 11.0 Å². The molecule has 114 valence electrons. The van der Waals surface area contributed by atoms with Crippen LogP contribution < -0.4 is 0 Å². The first kappa shape index (κ1) is 14.7. The van der Waals surface area contributed by atoms with Gasteiger partial charge in [0.1, 0.15) is 5.01 Å². The molecule has 0 saturated carbocycles. The second-order valence-corrected chi connectivity index (χ2v) is 7.17. The predicted octanol–water partition coefficient (Wildman–Crippen LogP) is 5.29. The summed E-state index contributed by atoms with van der Waals surface area (Å²) in [4.78, 5) is 4.59. The molecule has 2 aromatic carbocycles. The van der Waals surface area contributed by atoms with Gasteiger partial charge in [0.05, 0.1) is 26.6 Å². The highest BCUT2D eigenvalue weighted by molar-refractivity contribution is 7.98. The molecule has 0 amide bonds. The number of thiazole rings is 1. The third kappa shape index (κ3) is 3.10. The minimum atomic E-state index is 0.433. The molecule has 2 aromatic heterocycles. The molecule has 23 heavy (non-hydrogen) atoms. The van der Waals surface area contributed by atoms with Gasteiger partial charge in [-0.1, -0.05) is 47.6 Å². The van der Waals surface area contributed by atoms with Crippen LogP contribution in [0, 0.1) is 0 Å². The van der Waals surface area contributed by atoms with Gasteiger partial charge in [-0.2, -0.15) is 0 Å². The van der Waals surface area contributed by atoms with Gasteiger partial charge in [-0.25, -0.2) is 4.98 Å². The summed E-state index contributed by atoms with van der Waals surface area (Å²) in [6.45, 7) is 0. The van der Waals surface area contributed by atoms with Gasteiger partial charge in [0, 0.05) is 0 Å². The Morgan fingerprint density at radius 2 is 1.87 bits per heavy atom. The van der Waals surface area contributed by atoms with E-state index >= 15 is 0 Å². The number of hydrogen-bond donors (Lipinski definition) is 0. The second-order valence-electron chi connectivity index (χ2n) is 4.72. The Hall–Kier alpha value is -1.89. The van der Waals surface area contributed by atoms with Crippen molar-refractivity contribution in [2.24, 2.45) is 0 Å². The van der Waals surface area contributed by atoms with Gasteiger partial charge in [0.15, 0.2) is 0 Å². The molecule has 0 fully saturated rings. The molecule has 0 radical (unpaired) electrons. The first-order valence-corrected chi connectivity index (χ1v) is 9.03. The van der Waals surface area contributed by atoms with Crippen LogP contribution in [0.1, 0.15) is 5.01 Å². The minimum Gasteiger partial charge on any atom is -0.411 e. The lowest BCUT2D eigenvalue weighted by atomic mass is 10.2. The van der Waals surface area contributed by atoms with Gasteiger partial charge in [-0.15, -0.1) is 21.5 Å². The van der Waals surface area contributed by atoms with E-state index < -0.39 is 0 Å². The Morgan fingerprint density at radius 1 is 1.04 bits per heavy atom. The minimum absolute atomic E-state index is 0.433. The Morgan fingerprint density at radius 3 is 2.74 bits per heavy atom. The summed E-state index contributed by atoms with van der Waals surface area (Å²) < 4.78 is 6.87. The molecule has 0 aliphatic carbocycles. The standard InChI is InChI=1S/C16H10ClN3OS2/c17-11-6-2-1-5-10(11)15-19-20-16(21-15)22-9-14-18-12-7-3-4-8-13(12)23-14/h1-8H,9H2. The molecule has 0 bridgehead atoms. The highest BCUT2D eigenvalue weighted by Gasteiger charge is 2.12. The largest absolute Gasteiger partial charge is 0.411 e. The molecule has 4 aromatic rings. The molecule has 4 rings (SSSR count). The molecule has 0 aliphatic heterocycles. The van der Waals surface area contributed by atoms with Crippen molar-refractivity contribution in [1.29, 1.82) is 0 Å². The molecule has 0 unspecified atom stereocenters. The second kappa shape index (κ2) is 6.31. The van der Waals surface area contributed by atoms with Crippen LogP contribution in [0.2, 0.25) is 5.02 Å². The van der Waals surface area contributed by atoms with Crippen molar-refractivity contribution in [3.05, 3.63) is 58.6 Å². The van der Waals surface area contributed by atoms with E-state index in [4.69, 9.17) is 16.0 Å². The van der Waals surface area contributed by atoms with Gasteiger partial charge in [-0.05, 0) is 24.3 Å². The topological polar surface area (TPSA) is 51.8 Å². The molecule has 7 heteroatoms. The van der Waals surface area contributed by atoms with Crippen LogP contribution in [0.5, 0.6) is 0 Å². The summed E-state index contributed by atoms with van der Waals surface area (Å²) in [5.74, 6) is 1.13. The zero-order valence-corrected chi connectivity index (χ0v) is 14.2. The van der Waals surface area contributed by atoms with Gasteiger partial charge >= 0.3 is 0 Å². The van der Waals surface area contributed by atoms with Gasteiger partial charge in [-0.3, -0.25) is 0 Å². The summed E-state index contributed by atoms with van der Waals surface area (Å²) in [6.07, 6.45) is 0.